The minimum atomic E-state index is -0.232. The van der Waals surface area contributed by atoms with Crippen molar-refractivity contribution in [2.45, 2.75) is 46.1 Å². The van der Waals surface area contributed by atoms with Gasteiger partial charge in [0.25, 0.3) is 0 Å². The molecule has 0 bridgehead atoms. The van der Waals surface area contributed by atoms with Crippen LogP contribution in [0.2, 0.25) is 0 Å². The second-order valence-electron chi connectivity index (χ2n) is 9.56. The summed E-state index contributed by atoms with van der Waals surface area (Å²) in [7, 11) is 0. The summed E-state index contributed by atoms with van der Waals surface area (Å²) < 4.78 is 15.6. The van der Waals surface area contributed by atoms with Crippen LogP contribution in [0.5, 0.6) is 0 Å². The van der Waals surface area contributed by atoms with E-state index in [9.17, 15) is 9.18 Å². The second-order valence-corrected chi connectivity index (χ2v) is 9.56. The number of fused-ring (bicyclic) bond motifs is 1. The molecular weight excluding hydrogens is 423 g/mol. The van der Waals surface area contributed by atoms with E-state index in [2.05, 4.69) is 73.3 Å². The summed E-state index contributed by atoms with van der Waals surface area (Å²) in [4.78, 5) is 13.0. The molecule has 0 aliphatic heterocycles. The third-order valence-electron chi connectivity index (χ3n) is 6.34. The van der Waals surface area contributed by atoms with Gasteiger partial charge in [0.05, 0.1) is 0 Å². The van der Waals surface area contributed by atoms with Gasteiger partial charge in [-0.05, 0) is 54.2 Å². The van der Waals surface area contributed by atoms with Crippen molar-refractivity contribution in [2.75, 3.05) is 6.54 Å². The van der Waals surface area contributed by atoms with Crippen LogP contribution in [0.1, 0.15) is 54.9 Å². The number of halogens is 1. The van der Waals surface area contributed by atoms with E-state index in [1.807, 2.05) is 24.3 Å². The van der Waals surface area contributed by atoms with E-state index in [4.69, 9.17) is 0 Å². The van der Waals surface area contributed by atoms with Crippen LogP contribution in [0, 0.1) is 18.7 Å². The van der Waals surface area contributed by atoms with E-state index in [0.29, 0.717) is 25.4 Å². The molecule has 1 atom stereocenters. The molecule has 0 unspecified atom stereocenters. The van der Waals surface area contributed by atoms with Gasteiger partial charge in [0.15, 0.2) is 0 Å². The standard InChI is InChI=1S/C30H33FN2O/c1-21(2)15-16-32-30(34)18-27(24-8-6-7-22(3)17-24)28-20-33(29-10-5-4-9-26(28)29)19-23-11-13-25(31)14-12-23/h4-14,17,20-21,27H,15-16,18-19H2,1-3H3,(H,32,34)/t27-/m1/s1. The zero-order valence-corrected chi connectivity index (χ0v) is 20.2. The van der Waals surface area contributed by atoms with Crippen LogP contribution in [0.3, 0.4) is 0 Å². The molecule has 0 aliphatic rings. The van der Waals surface area contributed by atoms with Crippen molar-refractivity contribution in [3.63, 3.8) is 0 Å². The van der Waals surface area contributed by atoms with Gasteiger partial charge in [-0.2, -0.15) is 0 Å². The van der Waals surface area contributed by atoms with Crippen molar-refractivity contribution >= 4 is 16.8 Å². The quantitative estimate of drug-likeness (QED) is 0.295. The molecule has 0 saturated carbocycles. The van der Waals surface area contributed by atoms with Crippen LogP contribution in [0.15, 0.2) is 79.0 Å². The predicted molar refractivity (Wildman–Crippen MR) is 138 cm³/mol. The van der Waals surface area contributed by atoms with E-state index in [-0.39, 0.29) is 17.6 Å². The Labute approximate surface area is 201 Å². The number of para-hydroxylation sites is 1. The Morgan fingerprint density at radius 2 is 1.76 bits per heavy atom. The average molecular weight is 457 g/mol. The number of hydrogen-bond acceptors (Lipinski definition) is 1. The van der Waals surface area contributed by atoms with Crippen molar-refractivity contribution in [1.29, 1.82) is 0 Å². The second kappa shape index (κ2) is 10.7. The first kappa shape index (κ1) is 23.7. The summed E-state index contributed by atoms with van der Waals surface area (Å²) in [6.45, 7) is 7.75. The van der Waals surface area contributed by atoms with Gasteiger partial charge in [-0.3, -0.25) is 4.79 Å². The summed E-state index contributed by atoms with van der Waals surface area (Å²) in [6, 6.07) is 23.4. The highest BCUT2D eigenvalue weighted by Gasteiger charge is 2.23. The zero-order chi connectivity index (χ0) is 24.1. The lowest BCUT2D eigenvalue weighted by molar-refractivity contribution is -0.121. The van der Waals surface area contributed by atoms with Gasteiger partial charge < -0.3 is 9.88 Å². The molecule has 0 spiro atoms. The lowest BCUT2D eigenvalue weighted by atomic mass is 9.87. The summed E-state index contributed by atoms with van der Waals surface area (Å²) >= 11 is 0. The molecule has 1 aromatic heterocycles. The first-order chi connectivity index (χ1) is 16.4. The van der Waals surface area contributed by atoms with Crippen molar-refractivity contribution in [3.05, 3.63) is 107 Å². The molecule has 3 aromatic carbocycles. The molecule has 4 aromatic rings. The van der Waals surface area contributed by atoms with Crippen LogP contribution in [-0.2, 0) is 11.3 Å². The Morgan fingerprint density at radius 3 is 2.50 bits per heavy atom. The molecule has 1 heterocycles. The number of rotatable bonds is 9. The van der Waals surface area contributed by atoms with E-state index in [1.165, 1.54) is 17.7 Å². The molecule has 34 heavy (non-hydrogen) atoms. The number of carbonyl (C=O) groups is 1. The number of carbonyl (C=O) groups excluding carboxylic acids is 1. The van der Waals surface area contributed by atoms with Crippen LogP contribution in [-0.4, -0.2) is 17.0 Å². The predicted octanol–water partition coefficient (Wildman–Crippen LogP) is 6.82. The number of amides is 1. The summed E-state index contributed by atoms with van der Waals surface area (Å²) in [5.74, 6) is 0.336. The minimum absolute atomic E-state index is 0.0571. The monoisotopic (exact) mass is 456 g/mol. The fraction of sp³-hybridized carbons (Fsp3) is 0.300. The Bertz CT molecular complexity index is 1260. The third-order valence-corrected chi connectivity index (χ3v) is 6.34. The molecule has 0 saturated heterocycles. The topological polar surface area (TPSA) is 34.0 Å². The zero-order valence-electron chi connectivity index (χ0n) is 20.2. The molecule has 0 aliphatic carbocycles. The summed E-state index contributed by atoms with van der Waals surface area (Å²) in [5.41, 5.74) is 5.61. The molecule has 0 fully saturated rings. The van der Waals surface area contributed by atoms with Crippen LogP contribution in [0.25, 0.3) is 10.9 Å². The van der Waals surface area contributed by atoms with Gasteiger partial charge in [-0.15, -0.1) is 0 Å². The highest BCUT2D eigenvalue weighted by Crippen LogP contribution is 2.35. The Morgan fingerprint density at radius 1 is 1.00 bits per heavy atom. The Balaban J connectivity index is 1.71. The molecule has 4 rings (SSSR count). The van der Waals surface area contributed by atoms with Gasteiger partial charge in [0, 0.05) is 42.5 Å². The highest BCUT2D eigenvalue weighted by molar-refractivity contribution is 5.86. The van der Waals surface area contributed by atoms with Crippen molar-refractivity contribution < 1.29 is 9.18 Å². The lowest BCUT2D eigenvalue weighted by Crippen LogP contribution is -2.27. The molecule has 176 valence electrons. The average Bonchev–Trinajstić information content (AvgIpc) is 3.17. The number of nitrogens with zero attached hydrogens (tertiary/aromatic N) is 1. The van der Waals surface area contributed by atoms with Gasteiger partial charge in [-0.1, -0.05) is 74.0 Å². The SMILES string of the molecule is Cc1cccc([C@@H](CC(=O)NCCC(C)C)c2cn(Cc3ccc(F)cc3)c3ccccc23)c1. The van der Waals surface area contributed by atoms with Crippen LogP contribution in [0.4, 0.5) is 4.39 Å². The number of benzene rings is 3. The maximum Gasteiger partial charge on any atom is 0.220 e. The third kappa shape index (κ3) is 5.74. The summed E-state index contributed by atoms with van der Waals surface area (Å²) in [6.07, 6.45) is 3.53. The number of aromatic nitrogens is 1. The first-order valence-corrected chi connectivity index (χ1v) is 12.1. The van der Waals surface area contributed by atoms with Gasteiger partial charge in [-0.25, -0.2) is 4.39 Å². The maximum atomic E-state index is 13.4. The molecule has 1 amide bonds. The van der Waals surface area contributed by atoms with Gasteiger partial charge >= 0.3 is 0 Å². The Kier molecular flexibility index (Phi) is 7.46. The molecular formula is C30H33FN2O. The maximum absolute atomic E-state index is 13.4. The van der Waals surface area contributed by atoms with E-state index in [0.717, 1.165) is 34.0 Å². The number of nitrogens with one attached hydrogen (secondary N) is 1. The van der Waals surface area contributed by atoms with Crippen LogP contribution >= 0.6 is 0 Å². The molecule has 3 nitrogen and oxygen atoms in total. The Hall–Kier alpha value is -3.40. The minimum Gasteiger partial charge on any atom is -0.356 e. The van der Waals surface area contributed by atoms with Crippen molar-refractivity contribution in [2.24, 2.45) is 5.92 Å². The molecule has 1 N–H and O–H groups in total. The molecule has 0 radical (unpaired) electrons. The number of aryl methyl sites for hydroxylation is 1. The molecule has 4 heteroatoms. The normalized spacial score (nSPS) is 12.3. The first-order valence-electron chi connectivity index (χ1n) is 12.1. The van der Waals surface area contributed by atoms with Crippen molar-refractivity contribution in [3.8, 4) is 0 Å². The van der Waals surface area contributed by atoms with Crippen molar-refractivity contribution in [1.82, 2.24) is 9.88 Å². The highest BCUT2D eigenvalue weighted by atomic mass is 19.1. The fourth-order valence-electron chi connectivity index (χ4n) is 4.52. The smallest absolute Gasteiger partial charge is 0.220 e. The summed E-state index contributed by atoms with van der Waals surface area (Å²) in [5, 5.41) is 4.26. The number of hydrogen-bond donors (Lipinski definition) is 1. The lowest BCUT2D eigenvalue weighted by Gasteiger charge is -2.18. The van der Waals surface area contributed by atoms with E-state index < -0.39 is 0 Å². The van der Waals surface area contributed by atoms with Gasteiger partial charge in [0.1, 0.15) is 5.82 Å². The van der Waals surface area contributed by atoms with E-state index in [1.54, 1.807) is 0 Å². The van der Waals surface area contributed by atoms with Crippen LogP contribution < -0.4 is 5.32 Å². The largest absolute Gasteiger partial charge is 0.356 e. The van der Waals surface area contributed by atoms with Gasteiger partial charge in [0.2, 0.25) is 5.91 Å². The van der Waals surface area contributed by atoms with E-state index >= 15 is 0 Å². The fourth-order valence-corrected chi connectivity index (χ4v) is 4.52.